The van der Waals surface area contributed by atoms with Crippen LogP contribution in [0.25, 0.3) is 0 Å². The quantitative estimate of drug-likeness (QED) is 0.604. The van der Waals surface area contributed by atoms with E-state index in [1.54, 1.807) is 0 Å². The molecular weight excluding hydrogens is 240 g/mol. The maximum Gasteiger partial charge on any atom is 0.138 e. The SMILES string of the molecule is Cc1nn(C)c(N2CCCN(C)CC2C)c1C(=N)N. The van der Waals surface area contributed by atoms with Crippen molar-refractivity contribution in [3.8, 4) is 0 Å². The molecular formula is C13H24N6. The molecule has 0 spiro atoms. The molecule has 1 unspecified atom stereocenters. The number of nitrogens with one attached hydrogen (secondary N) is 1. The number of amidine groups is 1. The van der Waals surface area contributed by atoms with E-state index in [-0.39, 0.29) is 5.84 Å². The van der Waals surface area contributed by atoms with Crippen LogP contribution in [0.2, 0.25) is 0 Å². The molecule has 6 heteroatoms. The first-order valence-electron chi connectivity index (χ1n) is 6.75. The van der Waals surface area contributed by atoms with E-state index >= 15 is 0 Å². The first-order chi connectivity index (χ1) is 8.91. The van der Waals surface area contributed by atoms with Gasteiger partial charge in [-0.2, -0.15) is 5.10 Å². The number of hydrogen-bond acceptors (Lipinski definition) is 4. The van der Waals surface area contributed by atoms with E-state index in [4.69, 9.17) is 11.1 Å². The first kappa shape index (κ1) is 13.9. The van der Waals surface area contributed by atoms with Crippen LogP contribution in [0, 0.1) is 12.3 Å². The van der Waals surface area contributed by atoms with Gasteiger partial charge in [0, 0.05) is 26.2 Å². The molecule has 106 valence electrons. The molecule has 0 aliphatic carbocycles. The summed E-state index contributed by atoms with van der Waals surface area (Å²) in [5.41, 5.74) is 7.35. The van der Waals surface area contributed by atoms with Crippen molar-refractivity contribution in [3.63, 3.8) is 0 Å². The third-order valence-electron chi connectivity index (χ3n) is 3.78. The van der Waals surface area contributed by atoms with Crippen LogP contribution in [0.15, 0.2) is 0 Å². The minimum absolute atomic E-state index is 0.102. The molecule has 1 aliphatic rings. The highest BCUT2D eigenvalue weighted by Crippen LogP contribution is 2.26. The Morgan fingerprint density at radius 3 is 2.68 bits per heavy atom. The van der Waals surface area contributed by atoms with Crippen molar-refractivity contribution < 1.29 is 0 Å². The monoisotopic (exact) mass is 264 g/mol. The fourth-order valence-electron chi connectivity index (χ4n) is 2.98. The Kier molecular flexibility index (Phi) is 3.80. The Morgan fingerprint density at radius 1 is 1.37 bits per heavy atom. The molecule has 6 nitrogen and oxygen atoms in total. The van der Waals surface area contributed by atoms with E-state index in [1.165, 1.54) is 0 Å². The molecule has 0 bridgehead atoms. The number of anilines is 1. The number of rotatable bonds is 2. The van der Waals surface area contributed by atoms with E-state index in [0.29, 0.717) is 6.04 Å². The van der Waals surface area contributed by atoms with Crippen molar-refractivity contribution in [2.75, 3.05) is 31.6 Å². The van der Waals surface area contributed by atoms with Gasteiger partial charge in [-0.25, -0.2) is 0 Å². The second kappa shape index (κ2) is 5.21. The molecule has 2 heterocycles. The Bertz CT molecular complexity index is 478. The van der Waals surface area contributed by atoms with Gasteiger partial charge in [0.05, 0.1) is 11.3 Å². The molecule has 0 amide bonds. The summed E-state index contributed by atoms with van der Waals surface area (Å²) in [6.07, 6.45) is 1.11. The highest BCUT2D eigenvalue weighted by molar-refractivity contribution is 6.01. The van der Waals surface area contributed by atoms with Crippen molar-refractivity contribution in [1.82, 2.24) is 14.7 Å². The van der Waals surface area contributed by atoms with Gasteiger partial charge in [-0.3, -0.25) is 10.1 Å². The Hall–Kier alpha value is -1.56. The lowest BCUT2D eigenvalue weighted by Gasteiger charge is -2.30. The lowest BCUT2D eigenvalue weighted by Crippen LogP contribution is -2.40. The Morgan fingerprint density at radius 2 is 2.05 bits per heavy atom. The zero-order valence-electron chi connectivity index (χ0n) is 12.3. The van der Waals surface area contributed by atoms with E-state index < -0.39 is 0 Å². The smallest absolute Gasteiger partial charge is 0.138 e. The second-order valence-corrected chi connectivity index (χ2v) is 5.48. The van der Waals surface area contributed by atoms with E-state index in [2.05, 4.69) is 28.9 Å². The summed E-state index contributed by atoms with van der Waals surface area (Å²) in [7, 11) is 4.08. The highest BCUT2D eigenvalue weighted by atomic mass is 15.4. The van der Waals surface area contributed by atoms with Gasteiger partial charge in [0.1, 0.15) is 11.7 Å². The summed E-state index contributed by atoms with van der Waals surface area (Å²) < 4.78 is 1.86. The van der Waals surface area contributed by atoms with E-state index in [1.807, 2.05) is 18.7 Å². The van der Waals surface area contributed by atoms with E-state index in [9.17, 15) is 0 Å². The fourth-order valence-corrected chi connectivity index (χ4v) is 2.98. The first-order valence-corrected chi connectivity index (χ1v) is 6.75. The highest BCUT2D eigenvalue weighted by Gasteiger charge is 2.27. The molecule has 1 aromatic rings. The Balaban J connectivity index is 2.42. The number of aryl methyl sites for hydroxylation is 2. The largest absolute Gasteiger partial charge is 0.384 e. The number of hydrogen-bond donors (Lipinski definition) is 2. The van der Waals surface area contributed by atoms with Crippen LogP contribution in [0.5, 0.6) is 0 Å². The fraction of sp³-hybridized carbons (Fsp3) is 0.692. The molecule has 0 aromatic carbocycles. The number of aromatic nitrogens is 2. The van der Waals surface area contributed by atoms with Crippen LogP contribution in [0.4, 0.5) is 5.82 Å². The van der Waals surface area contributed by atoms with Crippen LogP contribution in [0.3, 0.4) is 0 Å². The van der Waals surface area contributed by atoms with Gasteiger partial charge >= 0.3 is 0 Å². The van der Waals surface area contributed by atoms with Gasteiger partial charge in [-0.15, -0.1) is 0 Å². The number of nitrogen functional groups attached to an aromatic ring is 1. The van der Waals surface area contributed by atoms with Gasteiger partial charge in [-0.1, -0.05) is 0 Å². The third-order valence-corrected chi connectivity index (χ3v) is 3.78. The second-order valence-electron chi connectivity index (χ2n) is 5.48. The van der Waals surface area contributed by atoms with Gasteiger partial charge in [-0.05, 0) is 33.9 Å². The summed E-state index contributed by atoms with van der Waals surface area (Å²) in [6.45, 7) is 7.22. The number of nitrogens with zero attached hydrogens (tertiary/aromatic N) is 4. The normalized spacial score (nSPS) is 21.5. The molecule has 19 heavy (non-hydrogen) atoms. The van der Waals surface area contributed by atoms with Gasteiger partial charge in [0.15, 0.2) is 0 Å². The van der Waals surface area contributed by atoms with Gasteiger partial charge in [0.2, 0.25) is 0 Å². The zero-order chi connectivity index (χ0) is 14.2. The third kappa shape index (κ3) is 2.58. The molecule has 0 saturated carbocycles. The van der Waals surface area contributed by atoms with Crippen LogP contribution in [-0.4, -0.2) is 53.2 Å². The average molecular weight is 264 g/mol. The minimum atomic E-state index is 0.102. The maximum absolute atomic E-state index is 7.80. The standard InChI is InChI=1S/C13H24N6/c1-9-8-17(3)6-5-7-19(9)13-11(12(14)15)10(2)16-18(13)4/h9H,5-8H2,1-4H3,(H3,14,15). The maximum atomic E-state index is 7.80. The van der Waals surface area contributed by atoms with Crippen LogP contribution in [0.1, 0.15) is 24.6 Å². The molecule has 3 N–H and O–H groups in total. The average Bonchev–Trinajstić information content (AvgIpc) is 2.48. The lowest BCUT2D eigenvalue weighted by atomic mass is 10.2. The minimum Gasteiger partial charge on any atom is -0.384 e. The van der Waals surface area contributed by atoms with Crippen molar-refractivity contribution >= 4 is 11.7 Å². The van der Waals surface area contributed by atoms with Crippen molar-refractivity contribution in [1.29, 1.82) is 5.41 Å². The number of nitrogens with two attached hydrogens (primary N) is 1. The zero-order valence-corrected chi connectivity index (χ0v) is 12.3. The summed E-state index contributed by atoms with van der Waals surface area (Å²) in [5, 5.41) is 12.2. The number of likely N-dealkylation sites (N-methyl/N-ethyl adjacent to an activating group) is 1. The summed E-state index contributed by atoms with van der Waals surface area (Å²) in [4.78, 5) is 4.68. The predicted octanol–water partition coefficient (Wildman–Crippen LogP) is 0.543. The predicted molar refractivity (Wildman–Crippen MR) is 77.9 cm³/mol. The summed E-state index contributed by atoms with van der Waals surface area (Å²) in [5.74, 6) is 1.08. The van der Waals surface area contributed by atoms with Crippen LogP contribution in [-0.2, 0) is 7.05 Å². The van der Waals surface area contributed by atoms with Gasteiger partial charge < -0.3 is 15.5 Å². The molecule has 1 fully saturated rings. The topological polar surface area (TPSA) is 74.2 Å². The Labute approximate surface area is 114 Å². The molecule has 2 rings (SSSR count). The van der Waals surface area contributed by atoms with E-state index in [0.717, 1.165) is 43.1 Å². The summed E-state index contributed by atoms with van der Waals surface area (Å²) >= 11 is 0. The van der Waals surface area contributed by atoms with Crippen molar-refractivity contribution in [3.05, 3.63) is 11.3 Å². The molecule has 1 saturated heterocycles. The molecule has 1 atom stereocenters. The molecule has 1 aromatic heterocycles. The van der Waals surface area contributed by atoms with Crippen molar-refractivity contribution in [2.24, 2.45) is 12.8 Å². The molecule has 1 aliphatic heterocycles. The van der Waals surface area contributed by atoms with Crippen LogP contribution >= 0.6 is 0 Å². The van der Waals surface area contributed by atoms with Crippen LogP contribution < -0.4 is 10.6 Å². The molecule has 0 radical (unpaired) electrons. The van der Waals surface area contributed by atoms with Gasteiger partial charge in [0.25, 0.3) is 0 Å². The summed E-state index contributed by atoms with van der Waals surface area (Å²) in [6, 6.07) is 0.389. The lowest BCUT2D eigenvalue weighted by molar-refractivity contribution is 0.336. The van der Waals surface area contributed by atoms with Crippen molar-refractivity contribution in [2.45, 2.75) is 26.3 Å².